The van der Waals surface area contributed by atoms with Gasteiger partial charge < -0.3 is 15.7 Å². The van der Waals surface area contributed by atoms with E-state index in [4.69, 9.17) is 0 Å². The predicted molar refractivity (Wildman–Crippen MR) is 82.9 cm³/mol. The third-order valence-corrected chi connectivity index (χ3v) is 6.16. The van der Waals surface area contributed by atoms with Crippen molar-refractivity contribution >= 4 is 5.91 Å². The molecule has 4 nitrogen and oxygen atoms in total. The number of nitrogens with one attached hydrogen (secondary N) is 2. The summed E-state index contributed by atoms with van der Waals surface area (Å²) in [6, 6.07) is 0. The summed E-state index contributed by atoms with van der Waals surface area (Å²) in [6.45, 7) is 2.25. The predicted octanol–water partition coefficient (Wildman–Crippen LogP) is 1.82. The largest absolute Gasteiger partial charge is 0.391 e. The summed E-state index contributed by atoms with van der Waals surface area (Å²) in [4.78, 5) is 12.7. The highest BCUT2D eigenvalue weighted by atomic mass is 16.3. The Kier molecular flexibility index (Phi) is 4.85. The zero-order valence-electron chi connectivity index (χ0n) is 13.1. The molecule has 3 atom stereocenters. The highest BCUT2D eigenvalue weighted by Gasteiger charge is 2.49. The van der Waals surface area contributed by atoms with Crippen LogP contribution in [0, 0.1) is 17.3 Å². The number of fused-ring (bicyclic) bond motifs is 1. The van der Waals surface area contributed by atoms with Gasteiger partial charge in [0, 0.05) is 13.1 Å². The highest BCUT2D eigenvalue weighted by Crippen LogP contribution is 2.43. The van der Waals surface area contributed by atoms with Gasteiger partial charge in [0.15, 0.2) is 0 Å². The molecule has 4 heteroatoms. The van der Waals surface area contributed by atoms with Gasteiger partial charge in [-0.25, -0.2) is 0 Å². The Morgan fingerprint density at radius 2 is 1.95 bits per heavy atom. The first-order valence-electron chi connectivity index (χ1n) is 8.89. The number of amides is 1. The first-order chi connectivity index (χ1) is 10.2. The summed E-state index contributed by atoms with van der Waals surface area (Å²) in [6.07, 6.45) is 10.2. The SMILES string of the molecule is O=C(NCC(O)C1CCCCC1)[C@@]12CCCC[C@H]1CNC2. The van der Waals surface area contributed by atoms with Crippen LogP contribution in [0.4, 0.5) is 0 Å². The van der Waals surface area contributed by atoms with E-state index < -0.39 is 0 Å². The van der Waals surface area contributed by atoms with Gasteiger partial charge in [-0.1, -0.05) is 32.1 Å². The van der Waals surface area contributed by atoms with Crippen LogP contribution in [0.1, 0.15) is 57.8 Å². The number of carbonyl (C=O) groups excluding carboxylic acids is 1. The Morgan fingerprint density at radius 3 is 2.76 bits per heavy atom. The molecule has 2 aliphatic carbocycles. The van der Waals surface area contributed by atoms with E-state index in [2.05, 4.69) is 10.6 Å². The van der Waals surface area contributed by atoms with Crippen LogP contribution >= 0.6 is 0 Å². The summed E-state index contributed by atoms with van der Waals surface area (Å²) >= 11 is 0. The molecule has 3 fully saturated rings. The molecule has 3 N–H and O–H groups in total. The van der Waals surface area contributed by atoms with Gasteiger partial charge in [0.25, 0.3) is 0 Å². The van der Waals surface area contributed by atoms with Gasteiger partial charge in [-0.05, 0) is 44.1 Å². The lowest BCUT2D eigenvalue weighted by Gasteiger charge is -2.37. The fraction of sp³-hybridized carbons (Fsp3) is 0.941. The smallest absolute Gasteiger partial charge is 0.227 e. The van der Waals surface area contributed by atoms with Crippen LogP contribution in [-0.4, -0.2) is 36.8 Å². The first kappa shape index (κ1) is 15.3. The second kappa shape index (κ2) is 6.66. The number of carbonyl (C=O) groups is 1. The van der Waals surface area contributed by atoms with E-state index in [1.165, 1.54) is 32.1 Å². The molecule has 21 heavy (non-hydrogen) atoms. The van der Waals surface area contributed by atoms with Crippen LogP contribution < -0.4 is 10.6 Å². The minimum Gasteiger partial charge on any atom is -0.391 e. The summed E-state index contributed by atoms with van der Waals surface area (Å²) in [5.41, 5.74) is -0.190. The van der Waals surface area contributed by atoms with Crippen molar-refractivity contribution in [1.82, 2.24) is 10.6 Å². The maximum absolute atomic E-state index is 12.7. The van der Waals surface area contributed by atoms with Crippen molar-refractivity contribution in [2.45, 2.75) is 63.9 Å². The minimum atomic E-state index is -0.359. The maximum Gasteiger partial charge on any atom is 0.227 e. The lowest BCUT2D eigenvalue weighted by molar-refractivity contribution is -0.134. The number of hydrogen-bond donors (Lipinski definition) is 3. The van der Waals surface area contributed by atoms with Gasteiger partial charge >= 0.3 is 0 Å². The number of aliphatic hydroxyl groups excluding tert-OH is 1. The molecule has 2 saturated carbocycles. The van der Waals surface area contributed by atoms with Crippen LogP contribution in [0.15, 0.2) is 0 Å². The molecular formula is C17H30N2O2. The van der Waals surface area contributed by atoms with Crippen molar-refractivity contribution in [2.75, 3.05) is 19.6 Å². The second-order valence-electron chi connectivity index (χ2n) is 7.41. The molecule has 3 aliphatic rings. The van der Waals surface area contributed by atoms with E-state index in [-0.39, 0.29) is 17.4 Å². The average molecular weight is 294 g/mol. The van der Waals surface area contributed by atoms with Crippen molar-refractivity contribution in [3.05, 3.63) is 0 Å². The van der Waals surface area contributed by atoms with Crippen molar-refractivity contribution in [3.8, 4) is 0 Å². The fourth-order valence-corrected chi connectivity index (χ4v) is 4.75. The Hall–Kier alpha value is -0.610. The molecule has 0 radical (unpaired) electrons. The third-order valence-electron chi connectivity index (χ3n) is 6.16. The standard InChI is InChI=1S/C17H30N2O2/c20-15(13-6-2-1-3-7-13)11-19-16(21)17-9-5-4-8-14(17)10-18-12-17/h13-15,18,20H,1-12H2,(H,19,21)/t14-,15?,17+/m0/s1. The van der Waals surface area contributed by atoms with E-state index in [0.29, 0.717) is 18.4 Å². The van der Waals surface area contributed by atoms with Crippen LogP contribution in [-0.2, 0) is 4.79 Å². The number of rotatable bonds is 4. The lowest BCUT2D eigenvalue weighted by atomic mass is 9.67. The van der Waals surface area contributed by atoms with Crippen molar-refractivity contribution in [2.24, 2.45) is 17.3 Å². The molecular weight excluding hydrogens is 264 g/mol. The molecule has 1 heterocycles. The molecule has 1 unspecified atom stereocenters. The van der Waals surface area contributed by atoms with Gasteiger partial charge in [-0.3, -0.25) is 4.79 Å². The number of aliphatic hydroxyl groups is 1. The van der Waals surface area contributed by atoms with E-state index in [0.717, 1.165) is 38.8 Å². The van der Waals surface area contributed by atoms with Crippen LogP contribution in [0.5, 0.6) is 0 Å². The van der Waals surface area contributed by atoms with Crippen molar-refractivity contribution in [3.63, 3.8) is 0 Å². The van der Waals surface area contributed by atoms with Gasteiger partial charge in [0.1, 0.15) is 0 Å². The van der Waals surface area contributed by atoms with E-state index in [1.54, 1.807) is 0 Å². The molecule has 0 aromatic rings. The van der Waals surface area contributed by atoms with E-state index >= 15 is 0 Å². The van der Waals surface area contributed by atoms with Crippen LogP contribution in [0.2, 0.25) is 0 Å². The third kappa shape index (κ3) is 3.11. The molecule has 120 valence electrons. The first-order valence-corrected chi connectivity index (χ1v) is 8.89. The lowest BCUT2D eigenvalue weighted by Crippen LogP contribution is -2.50. The van der Waals surface area contributed by atoms with Gasteiger partial charge in [0.05, 0.1) is 11.5 Å². The van der Waals surface area contributed by atoms with Crippen LogP contribution in [0.25, 0.3) is 0 Å². The Bertz CT molecular complexity index is 368. The van der Waals surface area contributed by atoms with E-state index in [1.807, 2.05) is 0 Å². The Morgan fingerprint density at radius 1 is 1.19 bits per heavy atom. The Labute approximate surface area is 128 Å². The topological polar surface area (TPSA) is 61.4 Å². The van der Waals surface area contributed by atoms with Gasteiger partial charge in [-0.2, -0.15) is 0 Å². The highest BCUT2D eigenvalue weighted by molar-refractivity contribution is 5.83. The van der Waals surface area contributed by atoms with Crippen molar-refractivity contribution in [1.29, 1.82) is 0 Å². The number of hydrogen-bond acceptors (Lipinski definition) is 3. The Balaban J connectivity index is 1.53. The molecule has 0 aromatic heterocycles. The summed E-state index contributed by atoms with van der Waals surface area (Å²) in [7, 11) is 0. The molecule has 0 bridgehead atoms. The normalized spacial score (nSPS) is 35.2. The molecule has 1 saturated heterocycles. The summed E-state index contributed by atoms with van der Waals surface area (Å²) in [5, 5.41) is 16.8. The summed E-state index contributed by atoms with van der Waals surface area (Å²) in [5.74, 6) is 1.07. The van der Waals surface area contributed by atoms with Crippen LogP contribution in [0.3, 0.4) is 0 Å². The molecule has 3 rings (SSSR count). The second-order valence-corrected chi connectivity index (χ2v) is 7.41. The average Bonchev–Trinajstić information content (AvgIpc) is 2.98. The zero-order valence-corrected chi connectivity index (χ0v) is 13.1. The van der Waals surface area contributed by atoms with Gasteiger partial charge in [0.2, 0.25) is 5.91 Å². The van der Waals surface area contributed by atoms with Crippen molar-refractivity contribution < 1.29 is 9.90 Å². The van der Waals surface area contributed by atoms with Gasteiger partial charge in [-0.15, -0.1) is 0 Å². The molecule has 1 aliphatic heterocycles. The molecule has 0 spiro atoms. The monoisotopic (exact) mass is 294 g/mol. The minimum absolute atomic E-state index is 0.187. The quantitative estimate of drug-likeness (QED) is 0.741. The maximum atomic E-state index is 12.7. The van der Waals surface area contributed by atoms with E-state index in [9.17, 15) is 9.90 Å². The molecule has 1 amide bonds. The molecule has 0 aromatic carbocycles. The fourth-order valence-electron chi connectivity index (χ4n) is 4.75. The summed E-state index contributed by atoms with van der Waals surface area (Å²) < 4.78 is 0. The zero-order chi connectivity index (χ0) is 14.7.